The number of aliphatic hydroxyl groups excluding tert-OH is 1. The van der Waals surface area contributed by atoms with Crippen LogP contribution in [0.5, 0.6) is 0 Å². The maximum Gasteiger partial charge on any atom is 0.0436 e. The van der Waals surface area contributed by atoms with Gasteiger partial charge in [0.2, 0.25) is 0 Å². The Kier molecular flexibility index (Phi) is 4.84. The lowest BCUT2D eigenvalue weighted by Crippen LogP contribution is -2.36. The lowest BCUT2D eigenvalue weighted by Gasteiger charge is -2.37. The summed E-state index contributed by atoms with van der Waals surface area (Å²) < 4.78 is 2.08. The number of aliphatic hydroxyl groups is 1. The van der Waals surface area contributed by atoms with Crippen molar-refractivity contribution in [3.05, 3.63) is 24.0 Å². The van der Waals surface area contributed by atoms with Gasteiger partial charge >= 0.3 is 0 Å². The first-order valence-electron chi connectivity index (χ1n) is 7.17. The number of nitrogens with one attached hydrogen (secondary N) is 1. The molecule has 18 heavy (non-hydrogen) atoms. The summed E-state index contributed by atoms with van der Waals surface area (Å²) in [6.07, 6.45) is 11.8. The van der Waals surface area contributed by atoms with Gasteiger partial charge in [-0.15, -0.1) is 0 Å². The lowest BCUT2D eigenvalue weighted by atomic mass is 9.72. The fraction of sp³-hybridized carbons (Fsp3) is 0.733. The molecule has 1 saturated carbocycles. The summed E-state index contributed by atoms with van der Waals surface area (Å²) in [6, 6.07) is 2.16. The number of hydrogen-bond donors (Lipinski definition) is 2. The van der Waals surface area contributed by atoms with Crippen LogP contribution >= 0.6 is 0 Å². The molecule has 0 aromatic carbocycles. The number of hydrogen-bond acceptors (Lipinski definition) is 2. The summed E-state index contributed by atoms with van der Waals surface area (Å²) in [4.78, 5) is 0. The van der Waals surface area contributed by atoms with Crippen LogP contribution in [0.3, 0.4) is 0 Å². The van der Waals surface area contributed by atoms with Crippen LogP contribution in [0.15, 0.2) is 18.5 Å². The molecule has 1 aromatic heterocycles. The van der Waals surface area contributed by atoms with Crippen LogP contribution in [0.25, 0.3) is 0 Å². The second kappa shape index (κ2) is 6.39. The van der Waals surface area contributed by atoms with E-state index < -0.39 is 0 Å². The number of rotatable bonds is 6. The van der Waals surface area contributed by atoms with E-state index in [2.05, 4.69) is 35.4 Å². The van der Waals surface area contributed by atoms with Crippen molar-refractivity contribution in [3.8, 4) is 0 Å². The van der Waals surface area contributed by atoms with Crippen molar-refractivity contribution in [1.29, 1.82) is 0 Å². The zero-order valence-corrected chi connectivity index (χ0v) is 11.5. The van der Waals surface area contributed by atoms with Gasteiger partial charge in [0.1, 0.15) is 0 Å². The predicted octanol–water partition coefficient (Wildman–Crippen LogP) is 2.45. The largest absolute Gasteiger partial charge is 0.396 e. The van der Waals surface area contributed by atoms with Gasteiger partial charge in [0.15, 0.2) is 0 Å². The molecule has 2 rings (SSSR count). The van der Waals surface area contributed by atoms with Crippen LogP contribution in [0.2, 0.25) is 0 Å². The summed E-state index contributed by atoms with van der Waals surface area (Å²) in [7, 11) is 2.05. The van der Waals surface area contributed by atoms with Crippen molar-refractivity contribution >= 4 is 0 Å². The van der Waals surface area contributed by atoms with Crippen molar-refractivity contribution < 1.29 is 5.11 Å². The Morgan fingerprint density at radius 1 is 1.33 bits per heavy atom. The first-order valence-corrected chi connectivity index (χ1v) is 7.17. The normalized spacial score (nSPS) is 19.0. The highest BCUT2D eigenvalue weighted by atomic mass is 16.3. The highest BCUT2D eigenvalue weighted by molar-refractivity contribution is 5.09. The minimum Gasteiger partial charge on any atom is -0.396 e. The van der Waals surface area contributed by atoms with Gasteiger partial charge in [0.05, 0.1) is 0 Å². The Labute approximate surface area is 110 Å². The van der Waals surface area contributed by atoms with E-state index in [0.717, 1.165) is 19.5 Å². The van der Waals surface area contributed by atoms with Crippen molar-refractivity contribution in [3.63, 3.8) is 0 Å². The van der Waals surface area contributed by atoms with Gasteiger partial charge in [-0.25, -0.2) is 0 Å². The first-order chi connectivity index (χ1) is 8.74. The van der Waals surface area contributed by atoms with Crippen LogP contribution in [0.1, 0.15) is 44.1 Å². The molecule has 0 atom stereocenters. The molecule has 1 aromatic rings. The molecule has 0 radical (unpaired) electrons. The molecule has 0 unspecified atom stereocenters. The predicted molar refractivity (Wildman–Crippen MR) is 74.3 cm³/mol. The Bertz CT molecular complexity index is 348. The van der Waals surface area contributed by atoms with Crippen LogP contribution in [0, 0.1) is 5.41 Å². The van der Waals surface area contributed by atoms with E-state index in [4.69, 9.17) is 0 Å². The van der Waals surface area contributed by atoms with Crippen LogP contribution in [-0.4, -0.2) is 22.8 Å². The van der Waals surface area contributed by atoms with Crippen LogP contribution in [0.4, 0.5) is 0 Å². The lowest BCUT2D eigenvalue weighted by molar-refractivity contribution is 0.126. The third kappa shape index (κ3) is 3.59. The molecule has 3 nitrogen and oxygen atoms in total. The summed E-state index contributed by atoms with van der Waals surface area (Å²) in [5, 5.41) is 12.9. The summed E-state index contributed by atoms with van der Waals surface area (Å²) in [5.41, 5.74) is 1.69. The fourth-order valence-corrected chi connectivity index (χ4v) is 3.19. The Morgan fingerprint density at radius 2 is 2.11 bits per heavy atom. The monoisotopic (exact) mass is 250 g/mol. The molecule has 1 fully saturated rings. The number of nitrogens with zero attached hydrogens (tertiary/aromatic N) is 1. The molecule has 2 N–H and O–H groups in total. The van der Waals surface area contributed by atoms with Gasteiger partial charge < -0.3 is 15.0 Å². The number of aromatic nitrogens is 1. The van der Waals surface area contributed by atoms with Crippen LogP contribution in [-0.2, 0) is 13.6 Å². The maximum atomic E-state index is 9.27. The standard InChI is InChI=1S/C15H26N2O/c1-17-9-5-14(12-17)11-16-13-15(8-10-18)6-3-2-4-7-15/h5,9,12,16,18H,2-4,6-8,10-11,13H2,1H3. The van der Waals surface area contributed by atoms with Crippen molar-refractivity contribution in [1.82, 2.24) is 9.88 Å². The summed E-state index contributed by atoms with van der Waals surface area (Å²) in [5.74, 6) is 0. The second-order valence-corrected chi connectivity index (χ2v) is 5.82. The summed E-state index contributed by atoms with van der Waals surface area (Å²) >= 11 is 0. The molecule has 1 aliphatic rings. The van der Waals surface area contributed by atoms with E-state index in [1.54, 1.807) is 0 Å². The Balaban J connectivity index is 1.82. The maximum absolute atomic E-state index is 9.27. The molecule has 1 heterocycles. The van der Waals surface area contributed by atoms with Crippen molar-refractivity contribution in [2.45, 2.75) is 45.1 Å². The molecule has 0 amide bonds. The van der Waals surface area contributed by atoms with E-state index in [0.29, 0.717) is 12.0 Å². The van der Waals surface area contributed by atoms with Gasteiger partial charge in [0.25, 0.3) is 0 Å². The van der Waals surface area contributed by atoms with Crippen LogP contribution < -0.4 is 5.32 Å². The van der Waals surface area contributed by atoms with Gasteiger partial charge in [-0.05, 0) is 36.3 Å². The van der Waals surface area contributed by atoms with E-state index in [1.807, 2.05) is 0 Å². The van der Waals surface area contributed by atoms with Crippen molar-refractivity contribution in [2.24, 2.45) is 12.5 Å². The minimum absolute atomic E-state index is 0.326. The van der Waals surface area contributed by atoms with Gasteiger partial charge in [-0.2, -0.15) is 0 Å². The third-order valence-electron chi connectivity index (χ3n) is 4.28. The van der Waals surface area contributed by atoms with Gasteiger partial charge in [-0.1, -0.05) is 19.3 Å². The molecule has 3 heteroatoms. The fourth-order valence-electron chi connectivity index (χ4n) is 3.19. The highest BCUT2D eigenvalue weighted by Crippen LogP contribution is 2.38. The molecule has 0 spiro atoms. The molecular formula is C15H26N2O. The molecule has 0 aliphatic heterocycles. The number of aryl methyl sites for hydroxylation is 1. The minimum atomic E-state index is 0.326. The zero-order chi connectivity index (χ0) is 12.8. The van der Waals surface area contributed by atoms with E-state index >= 15 is 0 Å². The zero-order valence-electron chi connectivity index (χ0n) is 11.5. The molecule has 0 saturated heterocycles. The van der Waals surface area contributed by atoms with Gasteiger partial charge in [-0.3, -0.25) is 0 Å². The molecule has 1 aliphatic carbocycles. The van der Waals surface area contributed by atoms with E-state index in [1.165, 1.54) is 37.7 Å². The smallest absolute Gasteiger partial charge is 0.0436 e. The third-order valence-corrected chi connectivity index (χ3v) is 4.28. The van der Waals surface area contributed by atoms with E-state index in [9.17, 15) is 5.11 Å². The molecule has 102 valence electrons. The van der Waals surface area contributed by atoms with Gasteiger partial charge in [0, 0.05) is 39.1 Å². The molecular weight excluding hydrogens is 224 g/mol. The first kappa shape index (κ1) is 13.6. The summed E-state index contributed by atoms with van der Waals surface area (Å²) in [6.45, 7) is 2.31. The Morgan fingerprint density at radius 3 is 2.72 bits per heavy atom. The average molecular weight is 250 g/mol. The second-order valence-electron chi connectivity index (χ2n) is 5.82. The topological polar surface area (TPSA) is 37.2 Å². The SMILES string of the molecule is Cn1ccc(CNCC2(CCO)CCCCC2)c1. The average Bonchev–Trinajstić information content (AvgIpc) is 2.77. The molecule has 0 bridgehead atoms. The van der Waals surface area contributed by atoms with Crippen molar-refractivity contribution in [2.75, 3.05) is 13.2 Å². The highest BCUT2D eigenvalue weighted by Gasteiger charge is 2.30. The van der Waals surface area contributed by atoms with E-state index in [-0.39, 0.29) is 0 Å². The Hall–Kier alpha value is -0.800. The quantitative estimate of drug-likeness (QED) is 0.814.